The Kier molecular flexibility index (Phi) is 20.0. The van der Waals surface area contributed by atoms with Gasteiger partial charge in [-0.25, -0.2) is 0 Å². The molecule has 0 saturated heterocycles. The lowest BCUT2D eigenvalue weighted by atomic mass is 10.1. The molecule has 0 spiro atoms. The summed E-state index contributed by atoms with van der Waals surface area (Å²) in [5.74, 6) is -0.280. The molecule has 0 aliphatic carbocycles. The van der Waals surface area contributed by atoms with Gasteiger partial charge >= 0.3 is 0 Å². The van der Waals surface area contributed by atoms with Crippen molar-refractivity contribution in [3.63, 3.8) is 0 Å². The first-order valence-corrected chi connectivity index (χ1v) is 7.63. The van der Waals surface area contributed by atoms with E-state index in [9.17, 15) is 4.79 Å². The van der Waals surface area contributed by atoms with Crippen LogP contribution < -0.4 is 5.73 Å². The minimum atomic E-state index is -0.280. The summed E-state index contributed by atoms with van der Waals surface area (Å²) >= 11 is 0. The minimum absolute atomic E-state index is 0. The molecule has 0 saturated carbocycles. The molecule has 0 aliphatic heterocycles. The molecule has 0 aromatic carbocycles. The number of rotatable bonds is 14. The van der Waals surface area contributed by atoms with Crippen molar-refractivity contribution in [2.45, 2.75) is 77.6 Å². The third kappa shape index (κ3) is 20.4. The Bertz CT molecular complexity index is 189. The summed E-state index contributed by atoms with van der Waals surface area (Å²) in [6.07, 6.45) is 13.7. The molecule has 19 heavy (non-hydrogen) atoms. The zero-order valence-electron chi connectivity index (χ0n) is 12.5. The fraction of sp³-hybridized carbons (Fsp3) is 0.933. The van der Waals surface area contributed by atoms with Crippen LogP contribution in [-0.4, -0.2) is 19.1 Å². The van der Waals surface area contributed by atoms with Gasteiger partial charge in [-0.05, 0) is 6.42 Å². The maximum Gasteiger partial charge on any atom is 0.219 e. The van der Waals surface area contributed by atoms with E-state index in [-0.39, 0.29) is 22.9 Å². The van der Waals surface area contributed by atoms with E-state index in [0.717, 1.165) is 13.0 Å². The number of nitrogens with two attached hydrogens (primary N) is 1. The molecule has 116 valence electrons. The lowest BCUT2D eigenvalue weighted by Crippen LogP contribution is -2.13. The van der Waals surface area contributed by atoms with Crippen molar-refractivity contribution in [1.29, 1.82) is 0 Å². The van der Waals surface area contributed by atoms with E-state index in [1.54, 1.807) is 0 Å². The monoisotopic (exact) mass is 337 g/mol. The molecule has 0 bridgehead atoms. The van der Waals surface area contributed by atoms with Gasteiger partial charge in [0.15, 0.2) is 0 Å². The van der Waals surface area contributed by atoms with Crippen molar-refractivity contribution in [3.8, 4) is 0 Å². The number of hydrogen-bond donors (Lipinski definition) is 1. The maximum absolute atomic E-state index is 10.4. The molecule has 3 nitrogen and oxygen atoms in total. The lowest BCUT2D eigenvalue weighted by Gasteiger charge is -2.03. The summed E-state index contributed by atoms with van der Waals surface area (Å²) in [6, 6.07) is 0. The summed E-state index contributed by atoms with van der Waals surface area (Å²) in [5.41, 5.74) is 5.01. The van der Waals surface area contributed by atoms with E-state index in [1.165, 1.54) is 57.8 Å². The Balaban J connectivity index is 0. The highest BCUT2D eigenvalue weighted by atomic mass is 79.9. The van der Waals surface area contributed by atoms with E-state index in [4.69, 9.17) is 10.5 Å². The van der Waals surface area contributed by atoms with Crippen LogP contribution in [-0.2, 0) is 9.53 Å². The Morgan fingerprint density at radius 1 is 0.842 bits per heavy atom. The molecule has 0 aliphatic rings. The van der Waals surface area contributed by atoms with Crippen molar-refractivity contribution in [1.82, 2.24) is 0 Å². The van der Waals surface area contributed by atoms with Crippen LogP contribution in [0.3, 0.4) is 0 Å². The molecule has 0 aromatic rings. The number of unbranched alkanes of at least 4 members (excludes halogenated alkanes) is 9. The van der Waals surface area contributed by atoms with Crippen molar-refractivity contribution >= 4 is 22.9 Å². The van der Waals surface area contributed by atoms with Crippen LogP contribution in [0.4, 0.5) is 0 Å². The third-order valence-corrected chi connectivity index (χ3v) is 3.14. The van der Waals surface area contributed by atoms with Crippen LogP contribution >= 0.6 is 17.0 Å². The molecule has 4 heteroatoms. The highest BCUT2D eigenvalue weighted by Gasteiger charge is 1.95. The van der Waals surface area contributed by atoms with Crippen molar-refractivity contribution in [2.75, 3.05) is 13.2 Å². The lowest BCUT2D eigenvalue weighted by molar-refractivity contribution is -0.119. The van der Waals surface area contributed by atoms with E-state index in [2.05, 4.69) is 6.92 Å². The Hall–Kier alpha value is -0.0900. The largest absolute Gasteiger partial charge is 0.381 e. The molecule has 2 N–H and O–H groups in total. The SMILES string of the molecule is Br.CCCCCCCCCCCCOCCC(N)=O. The standard InChI is InChI=1S/C15H31NO2.BrH/c1-2-3-4-5-6-7-8-9-10-11-13-18-14-12-15(16)17;/h2-14H2,1H3,(H2,16,17);1H. The van der Waals surface area contributed by atoms with Crippen LogP contribution in [0.25, 0.3) is 0 Å². The number of amides is 1. The van der Waals surface area contributed by atoms with Gasteiger partial charge in [0.05, 0.1) is 6.61 Å². The van der Waals surface area contributed by atoms with Crippen LogP contribution in [0, 0.1) is 0 Å². The first-order valence-electron chi connectivity index (χ1n) is 7.63. The van der Waals surface area contributed by atoms with Gasteiger partial charge in [0.1, 0.15) is 0 Å². The molecule has 0 heterocycles. The highest BCUT2D eigenvalue weighted by molar-refractivity contribution is 8.93. The highest BCUT2D eigenvalue weighted by Crippen LogP contribution is 2.10. The van der Waals surface area contributed by atoms with Gasteiger partial charge in [0.2, 0.25) is 5.91 Å². The average Bonchev–Trinajstić information content (AvgIpc) is 2.34. The number of hydrogen-bond acceptors (Lipinski definition) is 2. The van der Waals surface area contributed by atoms with Gasteiger partial charge in [0.25, 0.3) is 0 Å². The first-order chi connectivity index (χ1) is 8.77. The zero-order chi connectivity index (χ0) is 13.5. The molecule has 0 atom stereocenters. The quantitative estimate of drug-likeness (QED) is 0.478. The van der Waals surface area contributed by atoms with E-state index >= 15 is 0 Å². The van der Waals surface area contributed by atoms with E-state index < -0.39 is 0 Å². The smallest absolute Gasteiger partial charge is 0.219 e. The predicted octanol–water partition coefficient (Wildman–Crippen LogP) is 4.38. The molecular formula is C15H32BrNO2. The molecule has 0 radical (unpaired) electrons. The molecule has 0 unspecified atom stereocenters. The first kappa shape index (κ1) is 21.2. The zero-order valence-corrected chi connectivity index (χ0v) is 14.2. The molecule has 0 rings (SSSR count). The second kappa shape index (κ2) is 17.9. The van der Waals surface area contributed by atoms with E-state index in [0.29, 0.717) is 13.0 Å². The number of halogens is 1. The van der Waals surface area contributed by atoms with Gasteiger partial charge in [-0.15, -0.1) is 17.0 Å². The number of carbonyl (C=O) groups is 1. The van der Waals surface area contributed by atoms with Crippen LogP contribution in [0.2, 0.25) is 0 Å². The topological polar surface area (TPSA) is 52.3 Å². The number of primary amides is 1. The maximum atomic E-state index is 10.4. The van der Waals surface area contributed by atoms with Crippen LogP contribution in [0.5, 0.6) is 0 Å². The number of ether oxygens (including phenoxy) is 1. The van der Waals surface area contributed by atoms with Gasteiger partial charge < -0.3 is 10.5 Å². The molecular weight excluding hydrogens is 306 g/mol. The van der Waals surface area contributed by atoms with Gasteiger partial charge in [0, 0.05) is 13.0 Å². The van der Waals surface area contributed by atoms with Gasteiger partial charge in [-0.2, -0.15) is 0 Å². The Morgan fingerprint density at radius 3 is 1.79 bits per heavy atom. The fourth-order valence-corrected chi connectivity index (χ4v) is 1.97. The fourth-order valence-electron chi connectivity index (χ4n) is 1.97. The van der Waals surface area contributed by atoms with Crippen molar-refractivity contribution < 1.29 is 9.53 Å². The molecule has 1 amide bonds. The third-order valence-electron chi connectivity index (χ3n) is 3.14. The van der Waals surface area contributed by atoms with Crippen molar-refractivity contribution in [2.24, 2.45) is 5.73 Å². The van der Waals surface area contributed by atoms with Gasteiger partial charge in [-0.3, -0.25) is 4.79 Å². The average molecular weight is 338 g/mol. The molecule has 0 aromatic heterocycles. The van der Waals surface area contributed by atoms with Crippen LogP contribution in [0.1, 0.15) is 77.6 Å². The summed E-state index contributed by atoms with van der Waals surface area (Å²) in [5, 5.41) is 0. The van der Waals surface area contributed by atoms with Gasteiger partial charge in [-0.1, -0.05) is 64.7 Å². The summed E-state index contributed by atoms with van der Waals surface area (Å²) in [6.45, 7) is 3.50. The van der Waals surface area contributed by atoms with Crippen molar-refractivity contribution in [3.05, 3.63) is 0 Å². The second-order valence-corrected chi connectivity index (χ2v) is 5.01. The predicted molar refractivity (Wildman–Crippen MR) is 86.8 cm³/mol. The minimum Gasteiger partial charge on any atom is -0.381 e. The van der Waals surface area contributed by atoms with Crippen LogP contribution in [0.15, 0.2) is 0 Å². The summed E-state index contributed by atoms with van der Waals surface area (Å²) < 4.78 is 5.32. The second-order valence-electron chi connectivity index (χ2n) is 5.01. The normalized spacial score (nSPS) is 10.2. The Labute approximate surface area is 129 Å². The van der Waals surface area contributed by atoms with E-state index in [1.807, 2.05) is 0 Å². The Morgan fingerprint density at radius 2 is 1.32 bits per heavy atom. The number of carbonyl (C=O) groups excluding carboxylic acids is 1. The summed E-state index contributed by atoms with van der Waals surface area (Å²) in [4.78, 5) is 10.4. The molecule has 0 fully saturated rings. The summed E-state index contributed by atoms with van der Waals surface area (Å²) in [7, 11) is 0.